The molecule has 1 amide bonds. The van der Waals surface area contributed by atoms with Crippen molar-refractivity contribution in [2.75, 3.05) is 19.4 Å². The highest BCUT2D eigenvalue weighted by atomic mass is 32.2. The minimum absolute atomic E-state index is 0.118. The Morgan fingerprint density at radius 2 is 2.11 bits per heavy atom. The first-order chi connectivity index (χ1) is 12.7. The topological polar surface area (TPSA) is 97.2 Å². The normalized spacial score (nSPS) is 12.8. The van der Waals surface area contributed by atoms with Crippen molar-refractivity contribution in [2.24, 2.45) is 0 Å². The third-order valence-corrected chi connectivity index (χ3v) is 6.64. The van der Waals surface area contributed by atoms with Gasteiger partial charge in [0.25, 0.3) is 0 Å². The molecule has 0 aliphatic heterocycles. The van der Waals surface area contributed by atoms with Gasteiger partial charge in [0.05, 0.1) is 10.1 Å². The first kappa shape index (κ1) is 21.1. The zero-order valence-corrected chi connectivity index (χ0v) is 17.3. The summed E-state index contributed by atoms with van der Waals surface area (Å²) < 4.78 is 27.5. The molecule has 0 fully saturated rings. The van der Waals surface area contributed by atoms with Gasteiger partial charge in [0.1, 0.15) is 5.82 Å². The van der Waals surface area contributed by atoms with Crippen molar-refractivity contribution in [1.82, 2.24) is 19.1 Å². The SMILES string of the molecule is C=CCn1c(C)nnc1S[C@@H](C)C(=O)Nc1cccc(S(=O)(=O)N(C)C)c1. The van der Waals surface area contributed by atoms with Crippen LogP contribution in [0.5, 0.6) is 0 Å². The number of anilines is 1. The Morgan fingerprint density at radius 3 is 2.74 bits per heavy atom. The van der Waals surface area contributed by atoms with Gasteiger partial charge in [0.15, 0.2) is 5.16 Å². The maximum absolute atomic E-state index is 12.5. The van der Waals surface area contributed by atoms with Crippen LogP contribution in [0.1, 0.15) is 12.7 Å². The van der Waals surface area contributed by atoms with Crippen LogP contribution in [0.2, 0.25) is 0 Å². The molecule has 1 aromatic carbocycles. The minimum Gasteiger partial charge on any atom is -0.325 e. The highest BCUT2D eigenvalue weighted by Crippen LogP contribution is 2.24. The van der Waals surface area contributed by atoms with Gasteiger partial charge in [0.2, 0.25) is 15.9 Å². The lowest BCUT2D eigenvalue weighted by Gasteiger charge is -2.14. The van der Waals surface area contributed by atoms with Gasteiger partial charge in [-0.3, -0.25) is 4.79 Å². The number of allylic oxidation sites excluding steroid dienone is 1. The summed E-state index contributed by atoms with van der Waals surface area (Å²) in [4.78, 5) is 12.6. The molecule has 1 aromatic heterocycles. The highest BCUT2D eigenvalue weighted by molar-refractivity contribution is 8.00. The van der Waals surface area contributed by atoms with E-state index in [-0.39, 0.29) is 10.8 Å². The molecule has 0 saturated heterocycles. The number of sulfonamides is 1. The van der Waals surface area contributed by atoms with Crippen LogP contribution in [0, 0.1) is 6.92 Å². The van der Waals surface area contributed by atoms with Crippen molar-refractivity contribution < 1.29 is 13.2 Å². The molecule has 1 heterocycles. The van der Waals surface area contributed by atoms with Crippen molar-refractivity contribution in [2.45, 2.75) is 35.7 Å². The van der Waals surface area contributed by atoms with E-state index in [1.807, 2.05) is 11.5 Å². The maximum Gasteiger partial charge on any atom is 0.242 e. The Morgan fingerprint density at radius 1 is 1.41 bits per heavy atom. The minimum atomic E-state index is -3.57. The van der Waals surface area contributed by atoms with Crippen LogP contribution in [-0.2, 0) is 21.4 Å². The van der Waals surface area contributed by atoms with Gasteiger partial charge in [-0.2, -0.15) is 0 Å². The summed E-state index contributed by atoms with van der Waals surface area (Å²) in [6.07, 6.45) is 1.74. The van der Waals surface area contributed by atoms with E-state index in [1.54, 1.807) is 25.1 Å². The lowest BCUT2D eigenvalue weighted by molar-refractivity contribution is -0.115. The summed E-state index contributed by atoms with van der Waals surface area (Å²) in [5.74, 6) is 0.483. The largest absolute Gasteiger partial charge is 0.325 e. The molecule has 27 heavy (non-hydrogen) atoms. The van der Waals surface area contributed by atoms with Crippen LogP contribution >= 0.6 is 11.8 Å². The predicted molar refractivity (Wildman–Crippen MR) is 106 cm³/mol. The van der Waals surface area contributed by atoms with Crippen LogP contribution in [0.25, 0.3) is 0 Å². The van der Waals surface area contributed by atoms with E-state index in [2.05, 4.69) is 22.1 Å². The second kappa shape index (κ2) is 8.68. The third kappa shape index (κ3) is 4.96. The molecule has 2 aromatic rings. The van der Waals surface area contributed by atoms with E-state index in [0.29, 0.717) is 17.4 Å². The molecule has 0 aliphatic rings. The second-order valence-corrected chi connectivity index (χ2v) is 9.45. The van der Waals surface area contributed by atoms with Crippen LogP contribution in [-0.4, -0.2) is 52.7 Å². The summed E-state index contributed by atoms with van der Waals surface area (Å²) in [5, 5.41) is 11.0. The quantitative estimate of drug-likeness (QED) is 0.530. The van der Waals surface area contributed by atoms with Gasteiger partial charge in [0, 0.05) is 26.3 Å². The number of nitrogens with zero attached hydrogens (tertiary/aromatic N) is 4. The second-order valence-electron chi connectivity index (χ2n) is 5.99. The van der Waals surface area contributed by atoms with E-state index in [4.69, 9.17) is 0 Å². The zero-order chi connectivity index (χ0) is 20.2. The summed E-state index contributed by atoms with van der Waals surface area (Å²) in [6, 6.07) is 6.17. The van der Waals surface area contributed by atoms with E-state index >= 15 is 0 Å². The number of thioether (sulfide) groups is 1. The van der Waals surface area contributed by atoms with Crippen molar-refractivity contribution >= 4 is 33.4 Å². The summed E-state index contributed by atoms with van der Waals surface area (Å²) in [5.41, 5.74) is 0.416. The molecule has 146 valence electrons. The monoisotopic (exact) mass is 409 g/mol. The molecule has 0 unspecified atom stereocenters. The van der Waals surface area contributed by atoms with Crippen LogP contribution < -0.4 is 5.32 Å². The fourth-order valence-corrected chi connectivity index (χ4v) is 4.04. The number of rotatable bonds is 8. The fraction of sp³-hybridized carbons (Fsp3) is 0.353. The van der Waals surface area contributed by atoms with E-state index in [1.165, 1.54) is 38.0 Å². The number of carbonyl (C=O) groups excluding carboxylic acids is 1. The van der Waals surface area contributed by atoms with Crippen molar-refractivity contribution in [3.8, 4) is 0 Å². The molecule has 1 N–H and O–H groups in total. The summed E-state index contributed by atoms with van der Waals surface area (Å²) in [6.45, 7) is 7.85. The molecule has 10 heteroatoms. The molecule has 1 atom stereocenters. The predicted octanol–water partition coefficient (Wildman–Crippen LogP) is 2.14. The number of hydrogen-bond donors (Lipinski definition) is 1. The van der Waals surface area contributed by atoms with Crippen LogP contribution in [0.15, 0.2) is 47.0 Å². The lowest BCUT2D eigenvalue weighted by atomic mass is 10.3. The number of hydrogen-bond acceptors (Lipinski definition) is 6. The number of carbonyl (C=O) groups is 1. The van der Waals surface area contributed by atoms with Gasteiger partial charge >= 0.3 is 0 Å². The number of aryl methyl sites for hydroxylation is 1. The Hall–Kier alpha value is -2.17. The zero-order valence-electron chi connectivity index (χ0n) is 15.7. The van der Waals surface area contributed by atoms with Crippen LogP contribution in [0.3, 0.4) is 0 Å². The van der Waals surface area contributed by atoms with Gasteiger partial charge < -0.3 is 9.88 Å². The lowest BCUT2D eigenvalue weighted by Crippen LogP contribution is -2.24. The van der Waals surface area contributed by atoms with Gasteiger partial charge in [-0.25, -0.2) is 12.7 Å². The van der Waals surface area contributed by atoms with Crippen molar-refractivity contribution in [3.05, 3.63) is 42.7 Å². The first-order valence-corrected chi connectivity index (χ1v) is 10.5. The molecule has 0 bridgehead atoms. The Balaban J connectivity index is 2.12. The first-order valence-electron chi connectivity index (χ1n) is 8.17. The standard InChI is InChI=1S/C17H23N5O3S2/c1-6-10-22-13(3)19-20-17(22)26-12(2)16(23)18-14-8-7-9-15(11-14)27(24,25)21(4)5/h6-9,11-12H,1,10H2,2-5H3,(H,18,23)/t12-/m0/s1. The van der Waals surface area contributed by atoms with Gasteiger partial charge in [-0.05, 0) is 32.0 Å². The maximum atomic E-state index is 12.5. The summed E-state index contributed by atoms with van der Waals surface area (Å²) >= 11 is 1.28. The average molecular weight is 410 g/mol. The van der Waals surface area contributed by atoms with E-state index in [9.17, 15) is 13.2 Å². The Bertz CT molecular complexity index is 938. The van der Waals surface area contributed by atoms with Gasteiger partial charge in [-0.1, -0.05) is 23.9 Å². The summed E-state index contributed by atoms with van der Waals surface area (Å²) in [7, 11) is -0.649. The third-order valence-electron chi connectivity index (χ3n) is 3.75. The molecular formula is C17H23N5O3S2. The Labute approximate surface area is 163 Å². The van der Waals surface area contributed by atoms with Crippen molar-refractivity contribution in [1.29, 1.82) is 0 Å². The van der Waals surface area contributed by atoms with E-state index in [0.717, 1.165) is 10.1 Å². The van der Waals surface area contributed by atoms with E-state index < -0.39 is 15.3 Å². The number of benzene rings is 1. The number of amides is 1. The number of nitrogens with one attached hydrogen (secondary N) is 1. The molecule has 0 radical (unpaired) electrons. The molecule has 0 spiro atoms. The molecule has 0 saturated carbocycles. The Kier molecular flexibility index (Phi) is 6.79. The highest BCUT2D eigenvalue weighted by Gasteiger charge is 2.21. The average Bonchev–Trinajstić information content (AvgIpc) is 2.95. The molecule has 0 aliphatic carbocycles. The number of aromatic nitrogens is 3. The molecule has 8 nitrogen and oxygen atoms in total. The molecule has 2 rings (SSSR count). The van der Waals surface area contributed by atoms with Crippen LogP contribution in [0.4, 0.5) is 5.69 Å². The fourth-order valence-electron chi connectivity index (χ4n) is 2.19. The smallest absolute Gasteiger partial charge is 0.242 e. The van der Waals surface area contributed by atoms with Crippen molar-refractivity contribution in [3.63, 3.8) is 0 Å². The van der Waals surface area contributed by atoms with Gasteiger partial charge in [-0.15, -0.1) is 16.8 Å². The molecular weight excluding hydrogens is 386 g/mol.